The second-order valence-corrected chi connectivity index (χ2v) is 4.34. The van der Waals surface area contributed by atoms with E-state index in [1.165, 1.54) is 0 Å². The molecule has 0 unspecified atom stereocenters. The number of ether oxygens (including phenoxy) is 1. The molecule has 0 aliphatic carbocycles. The second-order valence-electron chi connectivity index (χ2n) is 4.34. The number of rotatable bonds is 4. The summed E-state index contributed by atoms with van der Waals surface area (Å²) in [6, 6.07) is 9.25. The monoisotopic (exact) mass is 246 g/mol. The van der Waals surface area contributed by atoms with Crippen molar-refractivity contribution in [2.45, 2.75) is 32.3 Å². The Hall–Kier alpha value is -1.81. The number of para-hydroxylation sites is 1. The van der Waals surface area contributed by atoms with Crippen LogP contribution in [0.15, 0.2) is 42.1 Å². The van der Waals surface area contributed by atoms with Crippen LogP contribution in [0.1, 0.15) is 26.7 Å². The lowest BCUT2D eigenvalue weighted by molar-refractivity contribution is 0.0797. The molecule has 2 rings (SSSR count). The zero-order valence-electron chi connectivity index (χ0n) is 10.7. The first-order valence-corrected chi connectivity index (χ1v) is 6.16. The number of nitrogens with zero attached hydrogens (tertiary/aromatic N) is 1. The van der Waals surface area contributed by atoms with Crippen molar-refractivity contribution in [3.8, 4) is 0 Å². The molecule has 0 radical (unpaired) electrons. The Balaban J connectivity index is 2.37. The van der Waals surface area contributed by atoms with Gasteiger partial charge >= 0.3 is 0 Å². The Labute approximate surface area is 107 Å². The van der Waals surface area contributed by atoms with Crippen molar-refractivity contribution >= 4 is 11.6 Å². The fourth-order valence-corrected chi connectivity index (χ4v) is 2.27. The zero-order valence-corrected chi connectivity index (χ0v) is 10.7. The van der Waals surface area contributed by atoms with E-state index in [1.807, 2.05) is 44.2 Å². The van der Waals surface area contributed by atoms with E-state index in [-0.39, 0.29) is 5.90 Å². The molecule has 1 aromatic rings. The van der Waals surface area contributed by atoms with E-state index in [1.54, 1.807) is 6.08 Å². The van der Waals surface area contributed by atoms with Crippen LogP contribution in [0.5, 0.6) is 0 Å². The topological polar surface area (TPSA) is 56.5 Å². The average Bonchev–Trinajstić information content (AvgIpc) is 2.76. The number of benzene rings is 1. The van der Waals surface area contributed by atoms with Gasteiger partial charge in [0.05, 0.1) is 11.4 Å². The molecule has 0 fully saturated rings. The molecule has 1 aromatic carbocycles. The molecule has 96 valence electrons. The summed E-state index contributed by atoms with van der Waals surface area (Å²) in [5, 5.41) is 19.1. The standard InChI is InChI=1S/C14H18N2O2/c1-3-14(4-2)12(10-13(15)18-14)16(17)11-8-6-5-7-9-11/h5-10,15,17H,3-4H2,1-2H3. The van der Waals surface area contributed by atoms with Crippen LogP contribution < -0.4 is 5.06 Å². The van der Waals surface area contributed by atoms with E-state index in [2.05, 4.69) is 0 Å². The van der Waals surface area contributed by atoms with Gasteiger partial charge in [0.25, 0.3) is 0 Å². The number of nitrogens with one attached hydrogen (secondary N) is 1. The second kappa shape index (κ2) is 4.82. The quantitative estimate of drug-likeness (QED) is 0.801. The van der Waals surface area contributed by atoms with E-state index < -0.39 is 5.60 Å². The average molecular weight is 246 g/mol. The van der Waals surface area contributed by atoms with Crippen LogP contribution in [-0.4, -0.2) is 16.7 Å². The first-order valence-electron chi connectivity index (χ1n) is 6.16. The number of anilines is 1. The van der Waals surface area contributed by atoms with E-state index in [4.69, 9.17) is 10.1 Å². The van der Waals surface area contributed by atoms with E-state index >= 15 is 0 Å². The Morgan fingerprint density at radius 3 is 2.39 bits per heavy atom. The Morgan fingerprint density at radius 2 is 1.83 bits per heavy atom. The molecule has 4 nitrogen and oxygen atoms in total. The van der Waals surface area contributed by atoms with Crippen molar-refractivity contribution in [3.63, 3.8) is 0 Å². The first-order chi connectivity index (χ1) is 8.63. The minimum Gasteiger partial charge on any atom is -0.465 e. The summed E-state index contributed by atoms with van der Waals surface area (Å²) in [6.07, 6.45) is 3.00. The lowest BCUT2D eigenvalue weighted by atomic mass is 9.93. The zero-order chi connectivity index (χ0) is 13.2. The fraction of sp³-hybridized carbons (Fsp3) is 0.357. The van der Waals surface area contributed by atoms with Crippen LogP contribution in [0.25, 0.3) is 0 Å². The van der Waals surface area contributed by atoms with Crippen molar-refractivity contribution in [2.75, 3.05) is 5.06 Å². The SMILES string of the molecule is CCC1(CC)OC(=N)C=C1N(O)c1ccccc1. The van der Waals surface area contributed by atoms with Crippen molar-refractivity contribution in [1.29, 1.82) is 5.41 Å². The van der Waals surface area contributed by atoms with Gasteiger partial charge in [-0.3, -0.25) is 10.6 Å². The third kappa shape index (κ3) is 1.99. The summed E-state index contributed by atoms with van der Waals surface area (Å²) in [6.45, 7) is 3.99. The molecule has 0 spiro atoms. The van der Waals surface area contributed by atoms with Gasteiger partial charge in [0.2, 0.25) is 5.90 Å². The van der Waals surface area contributed by atoms with E-state index in [0.29, 0.717) is 24.2 Å². The van der Waals surface area contributed by atoms with E-state index in [0.717, 1.165) is 5.06 Å². The highest BCUT2D eigenvalue weighted by Gasteiger charge is 2.42. The van der Waals surface area contributed by atoms with Gasteiger partial charge in [0.1, 0.15) is 0 Å². The fourth-order valence-electron chi connectivity index (χ4n) is 2.27. The summed E-state index contributed by atoms with van der Waals surface area (Å²) in [7, 11) is 0. The molecule has 0 aromatic heterocycles. The van der Waals surface area contributed by atoms with Crippen molar-refractivity contribution in [1.82, 2.24) is 0 Å². The molecule has 1 aliphatic heterocycles. The first kappa shape index (κ1) is 12.6. The molecule has 0 saturated heterocycles. The summed E-state index contributed by atoms with van der Waals surface area (Å²) in [4.78, 5) is 0. The molecule has 1 aliphatic rings. The Kier molecular flexibility index (Phi) is 3.39. The minimum absolute atomic E-state index is 0.101. The molecule has 4 heteroatoms. The minimum atomic E-state index is -0.596. The lowest BCUT2D eigenvalue weighted by Gasteiger charge is -2.33. The molecule has 2 N–H and O–H groups in total. The van der Waals surface area contributed by atoms with Gasteiger partial charge in [0, 0.05) is 6.08 Å². The molecule has 0 bridgehead atoms. The Bertz CT molecular complexity index is 464. The maximum absolute atomic E-state index is 10.3. The van der Waals surface area contributed by atoms with Crippen LogP contribution in [0.2, 0.25) is 0 Å². The predicted octanol–water partition coefficient (Wildman–Crippen LogP) is 3.33. The van der Waals surface area contributed by atoms with Crippen LogP contribution in [-0.2, 0) is 4.74 Å². The summed E-state index contributed by atoms with van der Waals surface area (Å²) < 4.78 is 5.59. The molecule has 18 heavy (non-hydrogen) atoms. The Morgan fingerprint density at radius 1 is 1.22 bits per heavy atom. The van der Waals surface area contributed by atoms with Crippen molar-refractivity contribution in [3.05, 3.63) is 42.1 Å². The number of hydrogen-bond donors (Lipinski definition) is 2. The van der Waals surface area contributed by atoms with E-state index in [9.17, 15) is 5.21 Å². The summed E-state index contributed by atoms with van der Waals surface area (Å²) in [5.41, 5.74) is 0.707. The summed E-state index contributed by atoms with van der Waals surface area (Å²) in [5.74, 6) is 0.101. The lowest BCUT2D eigenvalue weighted by Crippen LogP contribution is -2.38. The highest BCUT2D eigenvalue weighted by Crippen LogP contribution is 2.37. The van der Waals surface area contributed by atoms with Crippen LogP contribution >= 0.6 is 0 Å². The molecular weight excluding hydrogens is 228 g/mol. The molecule has 1 heterocycles. The molecule has 0 saturated carbocycles. The largest absolute Gasteiger partial charge is 0.465 e. The normalized spacial score (nSPS) is 17.3. The van der Waals surface area contributed by atoms with Crippen molar-refractivity contribution in [2.24, 2.45) is 0 Å². The highest BCUT2D eigenvalue weighted by atomic mass is 16.5. The maximum Gasteiger partial charge on any atom is 0.208 e. The third-order valence-corrected chi connectivity index (χ3v) is 3.41. The van der Waals surface area contributed by atoms with Gasteiger partial charge in [-0.2, -0.15) is 0 Å². The van der Waals surface area contributed by atoms with Crippen LogP contribution in [0.4, 0.5) is 5.69 Å². The van der Waals surface area contributed by atoms with Gasteiger partial charge < -0.3 is 4.74 Å². The number of hydroxylamine groups is 1. The third-order valence-electron chi connectivity index (χ3n) is 3.41. The van der Waals surface area contributed by atoms with Gasteiger partial charge in [0.15, 0.2) is 5.60 Å². The van der Waals surface area contributed by atoms with Crippen LogP contribution in [0, 0.1) is 5.41 Å². The van der Waals surface area contributed by atoms with Gasteiger partial charge in [-0.15, -0.1) is 0 Å². The summed E-state index contributed by atoms with van der Waals surface area (Å²) >= 11 is 0. The van der Waals surface area contributed by atoms with Crippen molar-refractivity contribution < 1.29 is 9.94 Å². The number of hydrogen-bond acceptors (Lipinski definition) is 4. The predicted molar refractivity (Wildman–Crippen MR) is 70.9 cm³/mol. The maximum atomic E-state index is 10.3. The molecular formula is C14H18N2O2. The highest BCUT2D eigenvalue weighted by molar-refractivity contribution is 5.90. The van der Waals surface area contributed by atoms with Crippen LogP contribution in [0.3, 0.4) is 0 Å². The van der Waals surface area contributed by atoms with Gasteiger partial charge in [-0.25, -0.2) is 5.06 Å². The van der Waals surface area contributed by atoms with Gasteiger partial charge in [-0.1, -0.05) is 32.0 Å². The smallest absolute Gasteiger partial charge is 0.208 e. The van der Waals surface area contributed by atoms with Gasteiger partial charge in [-0.05, 0) is 25.0 Å². The molecule has 0 atom stereocenters. The molecule has 0 amide bonds.